The molecule has 0 spiro atoms. The Bertz CT molecular complexity index is 1250. The van der Waals surface area contributed by atoms with Gasteiger partial charge in [0.15, 0.2) is 5.13 Å². The maximum atomic E-state index is 13.7. The van der Waals surface area contributed by atoms with E-state index >= 15 is 0 Å². The molecular weight excluding hydrogens is 499 g/mol. The molecule has 36 heavy (non-hydrogen) atoms. The number of hydrogen-bond acceptors (Lipinski definition) is 6. The van der Waals surface area contributed by atoms with Gasteiger partial charge in [-0.05, 0) is 69.4 Å². The maximum Gasteiger partial charge on any atom is 0.260 e. The maximum absolute atomic E-state index is 13.7. The molecule has 0 aliphatic heterocycles. The smallest absolute Gasteiger partial charge is 0.260 e. The molecule has 196 valence electrons. The molecule has 0 bridgehead atoms. The molecule has 3 rings (SSSR count). The van der Waals surface area contributed by atoms with Gasteiger partial charge in [-0.1, -0.05) is 38.0 Å². The minimum Gasteiger partial charge on any atom is -0.308 e. The normalized spacial score (nSPS) is 12.1. The number of hydrogen-bond donors (Lipinski definition) is 0. The van der Waals surface area contributed by atoms with Crippen LogP contribution in [0.2, 0.25) is 0 Å². The van der Waals surface area contributed by atoms with Crippen molar-refractivity contribution in [2.45, 2.75) is 44.4 Å². The van der Waals surface area contributed by atoms with Crippen molar-refractivity contribution in [2.75, 3.05) is 45.2 Å². The molecule has 1 amide bonds. The van der Waals surface area contributed by atoms with E-state index in [0.717, 1.165) is 25.7 Å². The molecule has 0 saturated carbocycles. The van der Waals surface area contributed by atoms with Crippen LogP contribution < -0.4 is 4.90 Å². The third kappa shape index (κ3) is 6.88. The number of halogens is 1. The van der Waals surface area contributed by atoms with E-state index in [4.69, 9.17) is 0 Å². The Morgan fingerprint density at radius 3 is 2.17 bits per heavy atom. The summed E-state index contributed by atoms with van der Waals surface area (Å²) in [7, 11) is 0.184. The van der Waals surface area contributed by atoms with Crippen LogP contribution in [0.1, 0.15) is 49.9 Å². The molecule has 0 aliphatic carbocycles. The number of carbonyl (C=O) groups excluding carboxylic acids is 1. The number of sulfonamides is 1. The Hall–Kier alpha value is -2.40. The second kappa shape index (κ2) is 12.7. The van der Waals surface area contributed by atoms with E-state index in [9.17, 15) is 17.6 Å². The van der Waals surface area contributed by atoms with Crippen LogP contribution in [0.25, 0.3) is 10.2 Å². The molecule has 7 nitrogen and oxygen atoms in total. The molecule has 0 saturated heterocycles. The van der Waals surface area contributed by atoms with Gasteiger partial charge in [0.1, 0.15) is 5.82 Å². The van der Waals surface area contributed by atoms with Crippen LogP contribution in [0, 0.1) is 5.82 Å². The van der Waals surface area contributed by atoms with Crippen LogP contribution in [-0.2, 0) is 10.0 Å². The zero-order valence-corrected chi connectivity index (χ0v) is 23.0. The average Bonchev–Trinajstić information content (AvgIpc) is 3.26. The van der Waals surface area contributed by atoms with Gasteiger partial charge in [0, 0.05) is 31.7 Å². The Morgan fingerprint density at radius 1 is 0.944 bits per heavy atom. The van der Waals surface area contributed by atoms with Crippen LogP contribution in [0.5, 0.6) is 0 Å². The predicted octanol–water partition coefficient (Wildman–Crippen LogP) is 5.23. The van der Waals surface area contributed by atoms with E-state index in [2.05, 4.69) is 4.98 Å². The van der Waals surface area contributed by atoms with E-state index in [1.54, 1.807) is 27.4 Å². The van der Waals surface area contributed by atoms with E-state index in [-0.39, 0.29) is 16.6 Å². The van der Waals surface area contributed by atoms with Gasteiger partial charge in [-0.15, -0.1) is 0 Å². The monoisotopic (exact) mass is 534 g/mol. The van der Waals surface area contributed by atoms with Crippen molar-refractivity contribution in [3.63, 3.8) is 0 Å². The van der Waals surface area contributed by atoms with Crippen LogP contribution in [0.4, 0.5) is 9.52 Å². The number of amides is 1. The van der Waals surface area contributed by atoms with Crippen molar-refractivity contribution in [1.82, 2.24) is 14.2 Å². The fraction of sp³-hybridized carbons (Fsp3) is 0.462. The number of carbonyl (C=O) groups is 1. The number of rotatable bonds is 13. The number of unbranched alkanes of at least 4 members (excludes halogenated alkanes) is 2. The Labute approximate surface area is 217 Å². The molecule has 3 aromatic rings. The number of fused-ring (bicyclic) bond motifs is 1. The first-order valence-corrected chi connectivity index (χ1v) is 14.6. The average molecular weight is 535 g/mol. The van der Waals surface area contributed by atoms with Crippen LogP contribution >= 0.6 is 11.3 Å². The lowest BCUT2D eigenvalue weighted by molar-refractivity contribution is 0.0985. The fourth-order valence-electron chi connectivity index (χ4n) is 3.68. The van der Waals surface area contributed by atoms with E-state index in [1.807, 2.05) is 32.8 Å². The molecular formula is C26H35FN4O3S2. The van der Waals surface area contributed by atoms with Crippen LogP contribution in [0.3, 0.4) is 0 Å². The van der Waals surface area contributed by atoms with Crippen molar-refractivity contribution < 1.29 is 17.6 Å². The van der Waals surface area contributed by atoms with Crippen molar-refractivity contribution in [3.05, 3.63) is 53.8 Å². The molecule has 2 aromatic carbocycles. The third-order valence-corrected chi connectivity index (χ3v) is 8.80. The summed E-state index contributed by atoms with van der Waals surface area (Å²) >= 11 is 1.25. The van der Waals surface area contributed by atoms with Crippen molar-refractivity contribution in [3.8, 4) is 0 Å². The summed E-state index contributed by atoms with van der Waals surface area (Å²) in [4.78, 5) is 21.8. The molecule has 10 heteroatoms. The summed E-state index contributed by atoms with van der Waals surface area (Å²) < 4.78 is 42.4. The van der Waals surface area contributed by atoms with Gasteiger partial charge < -0.3 is 4.90 Å². The molecule has 0 aliphatic rings. The summed E-state index contributed by atoms with van der Waals surface area (Å²) in [5.41, 5.74) is 0.992. The summed E-state index contributed by atoms with van der Waals surface area (Å²) in [5.74, 6) is -0.637. The minimum absolute atomic E-state index is 0.182. The molecule has 1 heterocycles. The lowest BCUT2D eigenvalue weighted by atomic mass is 10.2. The summed E-state index contributed by atoms with van der Waals surface area (Å²) in [5, 5.41) is 0.476. The quantitative estimate of drug-likeness (QED) is 0.300. The number of likely N-dealkylation sites (N-methyl/N-ethyl adjacent to an activating group) is 1. The Morgan fingerprint density at radius 2 is 1.58 bits per heavy atom. The molecule has 0 N–H and O–H groups in total. The topological polar surface area (TPSA) is 73.8 Å². The van der Waals surface area contributed by atoms with Gasteiger partial charge in [-0.3, -0.25) is 9.69 Å². The van der Waals surface area contributed by atoms with E-state index in [1.165, 1.54) is 35.6 Å². The first-order valence-electron chi connectivity index (χ1n) is 12.3. The zero-order valence-electron chi connectivity index (χ0n) is 21.4. The Balaban J connectivity index is 1.89. The number of nitrogens with zero attached hydrogens (tertiary/aromatic N) is 4. The third-order valence-electron chi connectivity index (χ3n) is 5.85. The first kappa shape index (κ1) is 28.2. The largest absolute Gasteiger partial charge is 0.308 e. The van der Waals surface area contributed by atoms with Gasteiger partial charge in [0.05, 0.1) is 15.1 Å². The van der Waals surface area contributed by atoms with Crippen molar-refractivity contribution >= 4 is 42.6 Å². The van der Waals surface area contributed by atoms with Gasteiger partial charge in [-0.2, -0.15) is 4.31 Å². The minimum atomic E-state index is -3.65. The van der Waals surface area contributed by atoms with E-state index < -0.39 is 10.0 Å². The van der Waals surface area contributed by atoms with Gasteiger partial charge in [-0.25, -0.2) is 17.8 Å². The van der Waals surface area contributed by atoms with E-state index in [0.29, 0.717) is 47.1 Å². The summed E-state index contributed by atoms with van der Waals surface area (Å²) in [6, 6.07) is 10.5. The highest BCUT2D eigenvalue weighted by atomic mass is 32.2. The second-order valence-corrected chi connectivity index (χ2v) is 12.0. The Kier molecular flexibility index (Phi) is 9.95. The SMILES string of the molecule is CCCCN(CCCC)S(=O)(=O)c1ccc(C(=O)N(CCN(C)C)c2nc3ccc(F)cc3s2)cc1. The number of thiazole rings is 1. The van der Waals surface area contributed by atoms with Crippen molar-refractivity contribution in [1.29, 1.82) is 0 Å². The molecule has 0 radical (unpaired) electrons. The summed E-state index contributed by atoms with van der Waals surface area (Å²) in [6.07, 6.45) is 3.42. The lowest BCUT2D eigenvalue weighted by Gasteiger charge is -2.23. The highest BCUT2D eigenvalue weighted by Crippen LogP contribution is 2.30. The fourth-order valence-corrected chi connectivity index (χ4v) is 6.21. The molecule has 0 atom stereocenters. The molecule has 0 fully saturated rings. The number of aromatic nitrogens is 1. The predicted molar refractivity (Wildman–Crippen MR) is 145 cm³/mol. The zero-order chi connectivity index (χ0) is 26.3. The molecule has 1 aromatic heterocycles. The number of anilines is 1. The van der Waals surface area contributed by atoms with Crippen LogP contribution in [-0.4, -0.2) is 68.8 Å². The van der Waals surface area contributed by atoms with Crippen molar-refractivity contribution in [2.24, 2.45) is 0 Å². The first-order chi connectivity index (χ1) is 17.2. The van der Waals surface area contributed by atoms with Gasteiger partial charge in [0.2, 0.25) is 10.0 Å². The lowest BCUT2D eigenvalue weighted by Crippen LogP contribution is -2.37. The second-order valence-electron chi connectivity index (χ2n) is 9.00. The summed E-state index contributed by atoms with van der Waals surface area (Å²) in [6.45, 7) is 6.03. The highest BCUT2D eigenvalue weighted by Gasteiger charge is 2.25. The van der Waals surface area contributed by atoms with Gasteiger partial charge in [0.25, 0.3) is 5.91 Å². The highest BCUT2D eigenvalue weighted by molar-refractivity contribution is 7.89. The standard InChI is InChI=1S/C26H35FN4O3S2/c1-5-7-15-30(16-8-6-2)36(33,34)22-12-9-20(10-13-22)25(32)31(18-17-29(3)4)26-28-23-14-11-21(27)19-24(23)35-26/h9-14,19H,5-8,15-18H2,1-4H3. The number of benzene rings is 2. The van der Waals surface area contributed by atoms with Gasteiger partial charge >= 0.3 is 0 Å². The molecule has 0 unspecified atom stereocenters. The van der Waals surface area contributed by atoms with Crippen LogP contribution in [0.15, 0.2) is 47.4 Å².